The van der Waals surface area contributed by atoms with Crippen LogP contribution in [0.4, 0.5) is 0 Å². The lowest BCUT2D eigenvalue weighted by Crippen LogP contribution is -2.19. The van der Waals surface area contributed by atoms with Crippen LogP contribution in [0.1, 0.15) is 23.4 Å². The molecule has 1 aromatic heterocycles. The third-order valence-electron chi connectivity index (χ3n) is 3.61. The van der Waals surface area contributed by atoms with Crippen molar-refractivity contribution in [1.82, 2.24) is 4.98 Å². The molecule has 0 saturated heterocycles. The number of hydrogen-bond acceptors (Lipinski definition) is 3. The molecule has 1 saturated carbocycles. The fourth-order valence-corrected chi connectivity index (χ4v) is 3.87. The minimum Gasteiger partial charge on any atom is -0.330 e. The lowest BCUT2D eigenvalue weighted by atomic mass is 10.0. The number of nitrogens with zero attached hydrogens (tertiary/aromatic N) is 1. The molecule has 0 bridgehead atoms. The molecule has 0 spiro atoms. The van der Waals surface area contributed by atoms with E-state index in [-0.39, 0.29) is 5.41 Å². The fraction of sp³-hybridized carbons (Fsp3) is 0.357. The third kappa shape index (κ3) is 2.02. The summed E-state index contributed by atoms with van der Waals surface area (Å²) >= 11 is 5.26. The highest BCUT2D eigenvalue weighted by atomic mass is 79.9. The first-order valence-electron chi connectivity index (χ1n) is 6.08. The van der Waals surface area contributed by atoms with E-state index in [0.717, 1.165) is 21.7 Å². The van der Waals surface area contributed by atoms with Crippen molar-refractivity contribution in [3.05, 3.63) is 39.3 Å². The second-order valence-corrected chi connectivity index (χ2v) is 6.84. The van der Waals surface area contributed by atoms with Gasteiger partial charge in [0.05, 0.1) is 5.69 Å². The maximum Gasteiger partial charge on any atom is 0.123 e. The van der Waals surface area contributed by atoms with Gasteiger partial charge >= 0.3 is 0 Å². The van der Waals surface area contributed by atoms with Gasteiger partial charge in [-0.3, -0.25) is 0 Å². The number of aryl methyl sites for hydroxylation is 1. The summed E-state index contributed by atoms with van der Waals surface area (Å²) in [6, 6.07) is 8.32. The Bertz CT molecular complexity index is 570. The number of nitrogens with two attached hydrogens (primary N) is 1. The van der Waals surface area contributed by atoms with Crippen molar-refractivity contribution in [3.8, 4) is 10.6 Å². The number of thiazole rings is 1. The summed E-state index contributed by atoms with van der Waals surface area (Å²) in [6.07, 6.45) is 2.43. The van der Waals surface area contributed by atoms with E-state index in [0.29, 0.717) is 0 Å². The first-order chi connectivity index (χ1) is 8.64. The Kier molecular flexibility index (Phi) is 3.04. The molecule has 1 heterocycles. The van der Waals surface area contributed by atoms with E-state index in [9.17, 15) is 0 Å². The van der Waals surface area contributed by atoms with Gasteiger partial charge in [-0.1, -0.05) is 28.1 Å². The van der Waals surface area contributed by atoms with Crippen molar-refractivity contribution >= 4 is 27.3 Å². The number of halogens is 1. The van der Waals surface area contributed by atoms with E-state index in [4.69, 9.17) is 10.7 Å². The molecule has 4 heteroatoms. The first kappa shape index (κ1) is 12.3. The minimum absolute atomic E-state index is 0.245. The van der Waals surface area contributed by atoms with Crippen molar-refractivity contribution in [2.24, 2.45) is 5.73 Å². The zero-order valence-electron chi connectivity index (χ0n) is 10.2. The smallest absolute Gasteiger partial charge is 0.123 e. The lowest BCUT2D eigenvalue weighted by molar-refractivity contribution is 0.712. The summed E-state index contributed by atoms with van der Waals surface area (Å²) in [6.45, 7) is 2.85. The minimum atomic E-state index is 0.245. The van der Waals surface area contributed by atoms with Gasteiger partial charge < -0.3 is 5.73 Å². The van der Waals surface area contributed by atoms with Crippen molar-refractivity contribution < 1.29 is 0 Å². The molecule has 2 N–H and O–H groups in total. The largest absolute Gasteiger partial charge is 0.330 e. The number of benzene rings is 1. The second-order valence-electron chi connectivity index (χ2n) is 4.92. The molecule has 0 unspecified atom stereocenters. The molecule has 1 aliphatic carbocycles. The normalized spacial score (nSPS) is 16.8. The second kappa shape index (κ2) is 4.44. The van der Waals surface area contributed by atoms with Crippen LogP contribution in [0, 0.1) is 6.92 Å². The molecule has 2 nitrogen and oxygen atoms in total. The summed E-state index contributed by atoms with van der Waals surface area (Å²) in [7, 11) is 0. The molecule has 0 radical (unpaired) electrons. The standard InChI is InChI=1S/C14H15BrN2S/c1-9-12(14(8-16)6-7-14)18-13(17-9)10-2-4-11(15)5-3-10/h2-5H,6-8,16H2,1H3. The summed E-state index contributed by atoms with van der Waals surface area (Å²) in [4.78, 5) is 6.10. The quantitative estimate of drug-likeness (QED) is 0.931. The van der Waals surface area contributed by atoms with Crippen molar-refractivity contribution in [2.75, 3.05) is 6.54 Å². The Morgan fingerprint density at radius 3 is 2.56 bits per heavy atom. The van der Waals surface area contributed by atoms with Crippen LogP contribution in [-0.4, -0.2) is 11.5 Å². The highest BCUT2D eigenvalue weighted by Gasteiger charge is 2.45. The summed E-state index contributed by atoms with van der Waals surface area (Å²) in [5, 5.41) is 1.11. The zero-order valence-corrected chi connectivity index (χ0v) is 12.6. The van der Waals surface area contributed by atoms with Crippen LogP contribution in [-0.2, 0) is 5.41 Å². The molecule has 1 aromatic carbocycles. The van der Waals surface area contributed by atoms with E-state index in [1.807, 2.05) is 0 Å². The Labute approximate surface area is 119 Å². The molecule has 0 aliphatic heterocycles. The van der Waals surface area contributed by atoms with Crippen molar-refractivity contribution in [3.63, 3.8) is 0 Å². The van der Waals surface area contributed by atoms with E-state index >= 15 is 0 Å². The van der Waals surface area contributed by atoms with Crippen LogP contribution >= 0.6 is 27.3 Å². The molecular formula is C14H15BrN2S. The highest BCUT2D eigenvalue weighted by Crippen LogP contribution is 2.51. The van der Waals surface area contributed by atoms with Crippen LogP contribution in [0.15, 0.2) is 28.7 Å². The average molecular weight is 323 g/mol. The Morgan fingerprint density at radius 2 is 2.00 bits per heavy atom. The third-order valence-corrected chi connectivity index (χ3v) is 5.60. The molecule has 18 heavy (non-hydrogen) atoms. The summed E-state index contributed by atoms with van der Waals surface area (Å²) < 4.78 is 1.10. The molecule has 2 aromatic rings. The monoisotopic (exact) mass is 322 g/mol. The van der Waals surface area contributed by atoms with Crippen LogP contribution < -0.4 is 5.73 Å². The number of rotatable bonds is 3. The van der Waals surface area contributed by atoms with Gasteiger partial charge in [-0.2, -0.15) is 0 Å². The highest BCUT2D eigenvalue weighted by molar-refractivity contribution is 9.10. The van der Waals surface area contributed by atoms with Crippen LogP contribution in [0.5, 0.6) is 0 Å². The van der Waals surface area contributed by atoms with Crippen molar-refractivity contribution in [2.45, 2.75) is 25.2 Å². The maximum atomic E-state index is 5.91. The van der Waals surface area contributed by atoms with Gasteiger partial charge in [0.25, 0.3) is 0 Å². The fourth-order valence-electron chi connectivity index (χ4n) is 2.28. The predicted molar refractivity (Wildman–Crippen MR) is 80.0 cm³/mol. The van der Waals surface area contributed by atoms with Gasteiger partial charge in [0.2, 0.25) is 0 Å². The van der Waals surface area contributed by atoms with E-state index in [2.05, 4.69) is 47.1 Å². The Hall–Kier alpha value is -0.710. The van der Waals surface area contributed by atoms with Gasteiger partial charge in [0, 0.05) is 26.9 Å². The van der Waals surface area contributed by atoms with Gasteiger partial charge in [-0.25, -0.2) is 4.98 Å². The number of aromatic nitrogens is 1. The number of hydrogen-bond donors (Lipinski definition) is 1. The zero-order chi connectivity index (χ0) is 12.8. The van der Waals surface area contributed by atoms with Crippen LogP contribution in [0.3, 0.4) is 0 Å². The summed E-state index contributed by atoms with van der Waals surface area (Å²) in [5.41, 5.74) is 8.49. The molecule has 0 atom stereocenters. The molecule has 0 amide bonds. The maximum absolute atomic E-state index is 5.91. The van der Waals surface area contributed by atoms with Crippen LogP contribution in [0.2, 0.25) is 0 Å². The molecule has 94 valence electrons. The van der Waals surface area contributed by atoms with E-state index in [1.54, 1.807) is 11.3 Å². The predicted octanol–water partition coefficient (Wildman–Crippen LogP) is 3.87. The van der Waals surface area contributed by atoms with Gasteiger partial charge in [0.1, 0.15) is 5.01 Å². The van der Waals surface area contributed by atoms with Gasteiger partial charge in [-0.15, -0.1) is 11.3 Å². The lowest BCUT2D eigenvalue weighted by Gasteiger charge is -2.09. The molecular weight excluding hydrogens is 308 g/mol. The molecule has 3 rings (SSSR count). The SMILES string of the molecule is Cc1nc(-c2ccc(Br)cc2)sc1C1(CN)CC1. The Morgan fingerprint density at radius 1 is 1.33 bits per heavy atom. The topological polar surface area (TPSA) is 38.9 Å². The van der Waals surface area contributed by atoms with Gasteiger partial charge in [0.15, 0.2) is 0 Å². The average Bonchev–Trinajstić information content (AvgIpc) is 3.08. The molecule has 1 aliphatic rings. The van der Waals surface area contributed by atoms with Crippen LogP contribution in [0.25, 0.3) is 10.6 Å². The van der Waals surface area contributed by atoms with E-state index in [1.165, 1.54) is 23.3 Å². The van der Waals surface area contributed by atoms with Gasteiger partial charge in [-0.05, 0) is 31.9 Å². The van der Waals surface area contributed by atoms with Crippen molar-refractivity contribution in [1.29, 1.82) is 0 Å². The first-order valence-corrected chi connectivity index (χ1v) is 7.69. The van der Waals surface area contributed by atoms with E-state index < -0.39 is 0 Å². The summed E-state index contributed by atoms with van der Waals surface area (Å²) in [5.74, 6) is 0. The molecule has 1 fully saturated rings. The Balaban J connectivity index is 2.00.